The van der Waals surface area contributed by atoms with Gasteiger partial charge in [0, 0.05) is 30.7 Å². The highest BCUT2D eigenvalue weighted by atomic mass is 16.6. The van der Waals surface area contributed by atoms with Gasteiger partial charge in [-0.1, -0.05) is 11.8 Å². The van der Waals surface area contributed by atoms with E-state index in [4.69, 9.17) is 10.00 Å². The quantitative estimate of drug-likeness (QED) is 0.383. The Balaban J connectivity index is 1.61. The number of hydrogen-bond acceptors (Lipinski definition) is 8. The number of aromatic nitrogens is 2. The molecule has 10 heteroatoms. The molecule has 3 rings (SSSR count). The Bertz CT molecular complexity index is 1310. The largest absolute Gasteiger partial charge is 0.444 e. The zero-order valence-electron chi connectivity index (χ0n) is 24.4. The minimum Gasteiger partial charge on any atom is -0.444 e. The standard InChI is InChI=1S/C30H39N7O3/c1-20(37(7)28(39)40-29(2,3)4)26(38)32-17-16-30(5,6)15-14-22-19-33-27(36-25(22)34-23-12-13-23)35-24-10-8-21(18-31)9-11-24/h8-11,19-20,23H,12-13,16-17H2,1-7H3,(H,32,38)(H2,33,34,35,36)/t20-/m0/s1. The topological polar surface area (TPSA) is 132 Å². The molecule has 0 radical (unpaired) electrons. The summed E-state index contributed by atoms with van der Waals surface area (Å²) in [6.07, 6.45) is 3.93. The SMILES string of the molecule is C[C@@H](C(=O)NCCC(C)(C)C#Cc1cnc(Nc2ccc(C#N)cc2)nc1NC1CC1)N(C)C(=O)OC(C)(C)C. The molecule has 1 aliphatic carbocycles. The van der Waals surface area contributed by atoms with E-state index >= 15 is 0 Å². The maximum atomic E-state index is 12.6. The fraction of sp³-hybridized carbons (Fsp3) is 0.500. The molecule has 3 N–H and O–H groups in total. The Morgan fingerprint density at radius 2 is 1.85 bits per heavy atom. The predicted octanol–water partition coefficient (Wildman–Crippen LogP) is 4.81. The van der Waals surface area contributed by atoms with Crippen molar-refractivity contribution in [3.8, 4) is 17.9 Å². The van der Waals surface area contributed by atoms with Crippen molar-refractivity contribution in [1.82, 2.24) is 20.2 Å². The highest BCUT2D eigenvalue weighted by molar-refractivity contribution is 5.85. The summed E-state index contributed by atoms with van der Waals surface area (Å²) in [5, 5.41) is 18.5. The molecule has 1 atom stereocenters. The number of carbonyl (C=O) groups excluding carboxylic acids is 2. The summed E-state index contributed by atoms with van der Waals surface area (Å²) < 4.78 is 5.35. The van der Waals surface area contributed by atoms with Crippen LogP contribution in [0.4, 0.5) is 22.2 Å². The first kappa shape index (κ1) is 30.2. The van der Waals surface area contributed by atoms with E-state index in [1.165, 1.54) is 4.90 Å². The number of amides is 2. The van der Waals surface area contributed by atoms with Gasteiger partial charge in [-0.15, -0.1) is 0 Å². The van der Waals surface area contributed by atoms with Gasteiger partial charge in [0.2, 0.25) is 11.9 Å². The molecule has 2 amide bonds. The first-order valence-electron chi connectivity index (χ1n) is 13.4. The van der Waals surface area contributed by atoms with Crippen LogP contribution in [0.1, 0.15) is 71.9 Å². The van der Waals surface area contributed by atoms with Crippen LogP contribution in [0.5, 0.6) is 0 Å². The third kappa shape index (κ3) is 9.46. The van der Waals surface area contributed by atoms with Gasteiger partial charge in [0.1, 0.15) is 17.5 Å². The Morgan fingerprint density at radius 1 is 1.18 bits per heavy atom. The van der Waals surface area contributed by atoms with E-state index in [1.54, 1.807) is 65.2 Å². The minimum atomic E-state index is -0.673. The number of benzene rings is 1. The van der Waals surface area contributed by atoms with E-state index < -0.39 is 23.2 Å². The summed E-state index contributed by atoms with van der Waals surface area (Å²) in [4.78, 5) is 35.3. The van der Waals surface area contributed by atoms with E-state index in [2.05, 4.69) is 43.8 Å². The Labute approximate surface area is 236 Å². The molecule has 1 aromatic heterocycles. The van der Waals surface area contributed by atoms with Crippen molar-refractivity contribution in [2.75, 3.05) is 24.2 Å². The van der Waals surface area contributed by atoms with Gasteiger partial charge >= 0.3 is 6.09 Å². The number of ether oxygens (including phenoxy) is 1. The number of carbonyl (C=O) groups is 2. The fourth-order valence-corrected chi connectivity index (χ4v) is 3.43. The molecule has 0 bridgehead atoms. The molecule has 1 aliphatic rings. The summed E-state index contributed by atoms with van der Waals surface area (Å²) in [5.74, 6) is 7.38. The van der Waals surface area contributed by atoms with Gasteiger partial charge in [-0.25, -0.2) is 9.78 Å². The van der Waals surface area contributed by atoms with Gasteiger partial charge in [-0.05, 0) is 85.1 Å². The lowest BCUT2D eigenvalue weighted by atomic mass is 9.90. The van der Waals surface area contributed by atoms with Crippen molar-refractivity contribution >= 4 is 29.5 Å². The summed E-state index contributed by atoms with van der Waals surface area (Å²) in [6.45, 7) is 11.4. The summed E-state index contributed by atoms with van der Waals surface area (Å²) in [5.41, 5.74) is 1.03. The van der Waals surface area contributed by atoms with E-state index in [-0.39, 0.29) is 5.91 Å². The van der Waals surface area contributed by atoms with Gasteiger partial charge in [0.15, 0.2) is 0 Å². The molecular weight excluding hydrogens is 506 g/mol. The van der Waals surface area contributed by atoms with Crippen molar-refractivity contribution in [2.45, 2.75) is 78.5 Å². The van der Waals surface area contributed by atoms with Crippen LogP contribution >= 0.6 is 0 Å². The second-order valence-electron chi connectivity index (χ2n) is 11.6. The van der Waals surface area contributed by atoms with Crippen LogP contribution in [0.15, 0.2) is 30.5 Å². The Kier molecular flexibility index (Phi) is 9.60. The van der Waals surface area contributed by atoms with E-state index in [9.17, 15) is 9.59 Å². The maximum absolute atomic E-state index is 12.6. The third-order valence-electron chi connectivity index (χ3n) is 6.20. The highest BCUT2D eigenvalue weighted by Crippen LogP contribution is 2.27. The summed E-state index contributed by atoms with van der Waals surface area (Å²) >= 11 is 0. The Hall–Kier alpha value is -4.31. The molecule has 1 fully saturated rings. The molecule has 0 saturated heterocycles. The van der Waals surface area contributed by atoms with Crippen molar-refractivity contribution < 1.29 is 14.3 Å². The number of nitrogens with zero attached hydrogens (tertiary/aromatic N) is 4. The van der Waals surface area contributed by atoms with Crippen LogP contribution in [0.2, 0.25) is 0 Å². The molecule has 0 aliphatic heterocycles. The lowest BCUT2D eigenvalue weighted by Crippen LogP contribution is -2.47. The number of nitrogens with one attached hydrogen (secondary N) is 3. The number of likely N-dealkylation sites (N-methyl/N-ethyl adjacent to an activating group) is 1. The first-order chi connectivity index (χ1) is 18.8. The molecule has 40 heavy (non-hydrogen) atoms. The second kappa shape index (κ2) is 12.7. The van der Waals surface area contributed by atoms with Gasteiger partial charge in [0.05, 0.1) is 23.4 Å². The fourth-order valence-electron chi connectivity index (χ4n) is 3.43. The number of anilines is 3. The number of nitriles is 1. The smallest absolute Gasteiger partial charge is 0.410 e. The van der Waals surface area contributed by atoms with Gasteiger partial charge in [-0.2, -0.15) is 10.2 Å². The normalized spacial score (nSPS) is 13.7. The molecular formula is C30H39N7O3. The molecule has 2 aromatic rings. The van der Waals surface area contributed by atoms with Gasteiger partial charge < -0.3 is 20.7 Å². The average Bonchev–Trinajstić information content (AvgIpc) is 3.70. The van der Waals surface area contributed by atoms with Crippen LogP contribution in [0.25, 0.3) is 0 Å². The van der Waals surface area contributed by atoms with Crippen molar-refractivity contribution in [3.05, 3.63) is 41.6 Å². The molecule has 1 aromatic carbocycles. The van der Waals surface area contributed by atoms with Crippen molar-refractivity contribution in [3.63, 3.8) is 0 Å². The zero-order chi connectivity index (χ0) is 29.5. The van der Waals surface area contributed by atoms with Crippen molar-refractivity contribution in [1.29, 1.82) is 5.26 Å². The monoisotopic (exact) mass is 545 g/mol. The van der Waals surface area contributed by atoms with Gasteiger partial charge in [0.25, 0.3) is 0 Å². The summed E-state index contributed by atoms with van der Waals surface area (Å²) in [7, 11) is 1.55. The minimum absolute atomic E-state index is 0.258. The van der Waals surface area contributed by atoms with Crippen LogP contribution in [-0.4, -0.2) is 58.1 Å². The molecule has 0 spiro atoms. The molecule has 1 heterocycles. The van der Waals surface area contributed by atoms with E-state index in [0.29, 0.717) is 41.9 Å². The van der Waals surface area contributed by atoms with Crippen LogP contribution in [0.3, 0.4) is 0 Å². The summed E-state index contributed by atoms with van der Waals surface area (Å²) in [6, 6.07) is 8.89. The highest BCUT2D eigenvalue weighted by Gasteiger charge is 2.27. The number of rotatable bonds is 9. The molecule has 0 unspecified atom stereocenters. The second-order valence-corrected chi connectivity index (χ2v) is 11.6. The molecule has 1 saturated carbocycles. The van der Waals surface area contributed by atoms with E-state index in [1.807, 2.05) is 13.8 Å². The van der Waals surface area contributed by atoms with E-state index in [0.717, 1.165) is 18.5 Å². The number of hydrogen-bond donors (Lipinski definition) is 3. The zero-order valence-corrected chi connectivity index (χ0v) is 24.4. The maximum Gasteiger partial charge on any atom is 0.410 e. The average molecular weight is 546 g/mol. The lowest BCUT2D eigenvalue weighted by molar-refractivity contribution is -0.125. The predicted molar refractivity (Wildman–Crippen MR) is 155 cm³/mol. The van der Waals surface area contributed by atoms with Crippen LogP contribution in [0, 0.1) is 28.6 Å². The van der Waals surface area contributed by atoms with Crippen molar-refractivity contribution in [2.24, 2.45) is 5.41 Å². The third-order valence-corrected chi connectivity index (χ3v) is 6.20. The molecule has 10 nitrogen and oxygen atoms in total. The molecule has 212 valence electrons. The van der Waals surface area contributed by atoms with Crippen LogP contribution < -0.4 is 16.0 Å². The van der Waals surface area contributed by atoms with Crippen LogP contribution in [-0.2, 0) is 9.53 Å². The Morgan fingerprint density at radius 3 is 2.45 bits per heavy atom. The lowest BCUT2D eigenvalue weighted by Gasteiger charge is -2.28. The van der Waals surface area contributed by atoms with Gasteiger partial charge in [-0.3, -0.25) is 9.69 Å². The first-order valence-corrected chi connectivity index (χ1v) is 13.4.